The molecule has 5 nitrogen and oxygen atoms in total. The molecule has 0 bridgehead atoms. The molecule has 1 aliphatic carbocycles. The summed E-state index contributed by atoms with van der Waals surface area (Å²) in [4.78, 5) is 18.6. The zero-order valence-corrected chi connectivity index (χ0v) is 18.6. The van der Waals surface area contributed by atoms with Crippen molar-refractivity contribution in [3.05, 3.63) is 51.4 Å². The number of amides is 1. The molecule has 1 N–H and O–H groups in total. The Morgan fingerprint density at radius 2 is 1.77 bits per heavy atom. The summed E-state index contributed by atoms with van der Waals surface area (Å²) in [5.41, 5.74) is 4.51. The number of nitrogens with zero attached hydrogens (tertiary/aromatic N) is 3. The molecule has 0 unspecified atom stereocenters. The summed E-state index contributed by atoms with van der Waals surface area (Å²) < 4.78 is 0. The number of rotatable bonds is 5. The molecule has 2 aromatic rings. The van der Waals surface area contributed by atoms with E-state index in [9.17, 15) is 10.1 Å². The number of aryl methyl sites for hydroxylation is 2. The van der Waals surface area contributed by atoms with E-state index < -0.39 is 0 Å². The Hall–Kier alpha value is -2.20. The van der Waals surface area contributed by atoms with Crippen molar-refractivity contribution < 1.29 is 4.79 Å². The molecule has 1 fully saturated rings. The molecular formula is C24H30N4OS. The summed E-state index contributed by atoms with van der Waals surface area (Å²) in [6.45, 7) is 7.20. The molecule has 1 aromatic heterocycles. The lowest BCUT2D eigenvalue weighted by Gasteiger charge is -2.34. The monoisotopic (exact) mass is 422 g/mol. The van der Waals surface area contributed by atoms with Crippen molar-refractivity contribution >= 4 is 22.2 Å². The van der Waals surface area contributed by atoms with Crippen LogP contribution in [0.15, 0.2) is 24.3 Å². The number of hydrogen-bond donors (Lipinski definition) is 1. The fourth-order valence-corrected chi connectivity index (χ4v) is 5.63. The lowest BCUT2D eigenvalue weighted by atomic mass is 10.1. The van der Waals surface area contributed by atoms with E-state index in [-0.39, 0.29) is 5.91 Å². The highest BCUT2D eigenvalue weighted by atomic mass is 32.1. The first-order valence-electron chi connectivity index (χ1n) is 11.0. The van der Waals surface area contributed by atoms with Gasteiger partial charge in [-0.15, -0.1) is 11.3 Å². The summed E-state index contributed by atoms with van der Waals surface area (Å²) in [5, 5.41) is 13.4. The average molecular weight is 423 g/mol. The normalized spacial score (nSPS) is 17.7. The molecule has 0 atom stereocenters. The average Bonchev–Trinajstić information content (AvgIpc) is 2.90. The highest BCUT2D eigenvalue weighted by Gasteiger charge is 2.23. The van der Waals surface area contributed by atoms with Crippen LogP contribution in [0.1, 0.15) is 46.4 Å². The van der Waals surface area contributed by atoms with Crippen LogP contribution in [-0.2, 0) is 24.2 Å². The van der Waals surface area contributed by atoms with Crippen LogP contribution in [0.3, 0.4) is 0 Å². The van der Waals surface area contributed by atoms with Crippen molar-refractivity contribution in [1.29, 1.82) is 5.26 Å². The van der Waals surface area contributed by atoms with Crippen molar-refractivity contribution in [2.45, 2.75) is 45.6 Å². The molecule has 1 aliphatic heterocycles. The molecule has 158 valence electrons. The molecular weight excluding hydrogens is 392 g/mol. The number of fused-ring (bicyclic) bond motifs is 1. The Morgan fingerprint density at radius 3 is 2.50 bits per heavy atom. The number of nitriles is 1. The molecule has 1 amide bonds. The van der Waals surface area contributed by atoms with E-state index >= 15 is 0 Å². The van der Waals surface area contributed by atoms with Crippen molar-refractivity contribution in [3.8, 4) is 6.07 Å². The molecule has 0 radical (unpaired) electrons. The maximum Gasteiger partial charge on any atom is 0.239 e. The Kier molecular flexibility index (Phi) is 6.83. The number of anilines is 1. The SMILES string of the molecule is Cc1ccc(CN2CCN(CC(=O)Nc3sc4c(c3C#N)CCCCC4)CC2)cc1. The van der Waals surface area contributed by atoms with Gasteiger partial charge in [-0.25, -0.2) is 0 Å². The first-order chi connectivity index (χ1) is 14.6. The second-order valence-corrected chi connectivity index (χ2v) is 9.57. The number of thiophene rings is 1. The number of carbonyl (C=O) groups excluding carboxylic acids is 1. The first-order valence-corrected chi connectivity index (χ1v) is 11.8. The number of benzene rings is 1. The molecule has 1 aromatic carbocycles. The summed E-state index contributed by atoms with van der Waals surface area (Å²) in [7, 11) is 0. The first kappa shape index (κ1) is 21.0. The molecule has 30 heavy (non-hydrogen) atoms. The Morgan fingerprint density at radius 1 is 1.07 bits per heavy atom. The molecule has 0 saturated carbocycles. The number of piperazine rings is 1. The van der Waals surface area contributed by atoms with Gasteiger partial charge < -0.3 is 5.32 Å². The lowest BCUT2D eigenvalue weighted by Crippen LogP contribution is -2.48. The van der Waals surface area contributed by atoms with Gasteiger partial charge >= 0.3 is 0 Å². The second kappa shape index (κ2) is 9.74. The van der Waals surface area contributed by atoms with Crippen molar-refractivity contribution in [3.63, 3.8) is 0 Å². The zero-order valence-electron chi connectivity index (χ0n) is 17.7. The van der Waals surface area contributed by atoms with Crippen molar-refractivity contribution in [2.75, 3.05) is 38.0 Å². The van der Waals surface area contributed by atoms with Gasteiger partial charge in [-0.2, -0.15) is 5.26 Å². The fraction of sp³-hybridized carbons (Fsp3) is 0.500. The molecule has 2 aliphatic rings. The third-order valence-electron chi connectivity index (χ3n) is 6.14. The van der Waals surface area contributed by atoms with Crippen LogP contribution in [0, 0.1) is 18.3 Å². The smallest absolute Gasteiger partial charge is 0.239 e. The van der Waals surface area contributed by atoms with Crippen LogP contribution in [0.25, 0.3) is 0 Å². The van der Waals surface area contributed by atoms with E-state index in [4.69, 9.17) is 0 Å². The summed E-state index contributed by atoms with van der Waals surface area (Å²) >= 11 is 1.61. The van der Waals surface area contributed by atoms with E-state index in [2.05, 4.69) is 52.4 Å². The Labute approximate surface area is 183 Å². The molecule has 4 rings (SSSR count). The van der Waals surface area contributed by atoms with Gasteiger partial charge in [0.05, 0.1) is 12.1 Å². The van der Waals surface area contributed by atoms with E-state index in [1.165, 1.54) is 34.4 Å². The molecule has 1 saturated heterocycles. The van der Waals surface area contributed by atoms with Gasteiger partial charge in [0.15, 0.2) is 0 Å². The topological polar surface area (TPSA) is 59.4 Å². The van der Waals surface area contributed by atoms with E-state index in [0.717, 1.165) is 57.0 Å². The third-order valence-corrected chi connectivity index (χ3v) is 7.35. The Balaban J connectivity index is 1.28. The maximum atomic E-state index is 12.7. The highest BCUT2D eigenvalue weighted by Crippen LogP contribution is 2.36. The van der Waals surface area contributed by atoms with E-state index in [1.54, 1.807) is 11.3 Å². The van der Waals surface area contributed by atoms with Crippen LogP contribution in [0.5, 0.6) is 0 Å². The third kappa shape index (κ3) is 5.10. The van der Waals surface area contributed by atoms with Crippen LogP contribution in [-0.4, -0.2) is 48.4 Å². The lowest BCUT2D eigenvalue weighted by molar-refractivity contribution is -0.117. The summed E-state index contributed by atoms with van der Waals surface area (Å²) in [6.07, 6.45) is 5.54. The minimum Gasteiger partial charge on any atom is -0.315 e. The maximum absolute atomic E-state index is 12.7. The largest absolute Gasteiger partial charge is 0.315 e. The number of carbonyl (C=O) groups is 1. The van der Waals surface area contributed by atoms with Gasteiger partial charge in [0, 0.05) is 37.6 Å². The van der Waals surface area contributed by atoms with Crippen LogP contribution in [0.2, 0.25) is 0 Å². The van der Waals surface area contributed by atoms with Crippen molar-refractivity contribution in [2.24, 2.45) is 0 Å². The van der Waals surface area contributed by atoms with E-state index in [0.29, 0.717) is 12.1 Å². The fourth-order valence-electron chi connectivity index (χ4n) is 4.38. The van der Waals surface area contributed by atoms with Crippen LogP contribution in [0.4, 0.5) is 5.00 Å². The minimum absolute atomic E-state index is 0.00473. The molecule has 0 spiro atoms. The zero-order chi connectivity index (χ0) is 20.9. The van der Waals surface area contributed by atoms with Crippen LogP contribution < -0.4 is 5.32 Å². The molecule has 2 heterocycles. The second-order valence-electron chi connectivity index (χ2n) is 8.47. The predicted molar refractivity (Wildman–Crippen MR) is 122 cm³/mol. The van der Waals surface area contributed by atoms with Gasteiger partial charge in [-0.3, -0.25) is 14.6 Å². The Bertz CT molecular complexity index is 920. The van der Waals surface area contributed by atoms with Gasteiger partial charge in [-0.1, -0.05) is 36.2 Å². The standard InChI is InChI=1S/C24H30N4OS/c1-18-7-9-19(10-8-18)16-27-11-13-28(14-12-27)17-23(29)26-24-21(15-25)20-5-3-2-4-6-22(20)30-24/h7-10H,2-6,11-14,16-17H2,1H3,(H,26,29). The number of hydrogen-bond acceptors (Lipinski definition) is 5. The molecule has 6 heteroatoms. The van der Waals surface area contributed by atoms with Gasteiger partial charge in [-0.05, 0) is 43.7 Å². The summed E-state index contributed by atoms with van der Waals surface area (Å²) in [6, 6.07) is 11.1. The van der Waals surface area contributed by atoms with Gasteiger partial charge in [0.1, 0.15) is 11.1 Å². The van der Waals surface area contributed by atoms with E-state index in [1.807, 2.05) is 0 Å². The quantitative estimate of drug-likeness (QED) is 0.741. The summed E-state index contributed by atoms with van der Waals surface area (Å²) in [5.74, 6) is -0.00473. The minimum atomic E-state index is -0.00473. The number of nitrogens with one attached hydrogen (secondary N) is 1. The highest BCUT2D eigenvalue weighted by molar-refractivity contribution is 7.16. The van der Waals surface area contributed by atoms with Crippen LogP contribution >= 0.6 is 11.3 Å². The van der Waals surface area contributed by atoms with Gasteiger partial charge in [0.2, 0.25) is 5.91 Å². The van der Waals surface area contributed by atoms with Gasteiger partial charge in [0.25, 0.3) is 0 Å². The van der Waals surface area contributed by atoms with Crippen molar-refractivity contribution in [1.82, 2.24) is 9.80 Å². The predicted octanol–water partition coefficient (Wildman–Crippen LogP) is 3.95.